The number of pyridine rings is 1. The number of para-hydroxylation sites is 1. The predicted octanol–water partition coefficient (Wildman–Crippen LogP) is 4.05. The first-order chi connectivity index (χ1) is 16.1. The van der Waals surface area contributed by atoms with Crippen LogP contribution in [-0.4, -0.2) is 47.9 Å². The van der Waals surface area contributed by atoms with E-state index >= 15 is 0 Å². The number of nitrogens with one attached hydrogen (secondary N) is 2. The van der Waals surface area contributed by atoms with Crippen LogP contribution in [0.5, 0.6) is 0 Å². The third-order valence-corrected chi connectivity index (χ3v) is 6.32. The van der Waals surface area contributed by atoms with Gasteiger partial charge in [0.1, 0.15) is 17.2 Å². The summed E-state index contributed by atoms with van der Waals surface area (Å²) in [6.07, 6.45) is 6.90. The van der Waals surface area contributed by atoms with Gasteiger partial charge in [0.15, 0.2) is 0 Å². The number of piperidine rings is 1. The number of aromatic nitrogens is 1. The fourth-order valence-corrected chi connectivity index (χ4v) is 4.39. The highest BCUT2D eigenvalue weighted by atomic mass is 16.3. The summed E-state index contributed by atoms with van der Waals surface area (Å²) in [6.45, 7) is 1.71. The molecule has 1 fully saturated rings. The number of anilines is 1. The number of hydrogen-bond donors (Lipinski definition) is 2. The molecule has 3 aromatic rings. The highest BCUT2D eigenvalue weighted by Crippen LogP contribution is 2.33. The standard InChI is InChI=1S/C26H26N4O3/c1-30-13-5-4-6-18(30)16-28-26(32)23-11-9-17(15-27-23)24-12-10-19(33-24)14-21-20-7-2-3-8-22(20)29-25(21)31/h2-3,7-12,14-15,18H,4-6,13,16H2,1H3,(H,28,32)(H,29,31)/b21-14+. The van der Waals surface area contributed by atoms with Gasteiger partial charge >= 0.3 is 0 Å². The number of nitrogens with zero attached hydrogens (tertiary/aromatic N) is 2. The van der Waals surface area contributed by atoms with Gasteiger partial charge in [0.25, 0.3) is 11.8 Å². The van der Waals surface area contributed by atoms with Gasteiger partial charge in [-0.05, 0) is 62.8 Å². The lowest BCUT2D eigenvalue weighted by Crippen LogP contribution is -2.44. The van der Waals surface area contributed by atoms with Crippen LogP contribution < -0.4 is 10.6 Å². The average Bonchev–Trinajstić information content (AvgIpc) is 3.43. The number of benzene rings is 1. The number of furan rings is 1. The van der Waals surface area contributed by atoms with E-state index in [9.17, 15) is 9.59 Å². The van der Waals surface area contributed by atoms with E-state index in [1.54, 1.807) is 18.3 Å². The van der Waals surface area contributed by atoms with Crippen molar-refractivity contribution in [3.63, 3.8) is 0 Å². The normalized spacial score (nSPS) is 19.4. The predicted molar refractivity (Wildman–Crippen MR) is 127 cm³/mol. The van der Waals surface area contributed by atoms with Gasteiger partial charge in [-0.3, -0.25) is 14.6 Å². The number of carbonyl (C=O) groups excluding carboxylic acids is 2. The van der Waals surface area contributed by atoms with E-state index in [0.717, 1.165) is 29.8 Å². The largest absolute Gasteiger partial charge is 0.457 e. The van der Waals surface area contributed by atoms with Gasteiger partial charge in [-0.2, -0.15) is 0 Å². The van der Waals surface area contributed by atoms with Crippen LogP contribution >= 0.6 is 0 Å². The second-order valence-electron chi connectivity index (χ2n) is 8.53. The molecule has 2 N–H and O–H groups in total. The molecule has 2 amide bonds. The smallest absolute Gasteiger partial charge is 0.269 e. The third kappa shape index (κ3) is 4.45. The van der Waals surface area contributed by atoms with Crippen LogP contribution in [0.3, 0.4) is 0 Å². The summed E-state index contributed by atoms with van der Waals surface area (Å²) in [7, 11) is 2.11. The minimum absolute atomic E-state index is 0.148. The Morgan fingerprint density at radius 1 is 1.21 bits per heavy atom. The number of carbonyl (C=O) groups is 2. The van der Waals surface area contributed by atoms with Crippen LogP contribution in [0.25, 0.3) is 23.0 Å². The van der Waals surface area contributed by atoms with Crippen LogP contribution in [0, 0.1) is 0 Å². The monoisotopic (exact) mass is 442 g/mol. The minimum atomic E-state index is -0.170. The Bertz CT molecular complexity index is 1210. The molecular weight excluding hydrogens is 416 g/mol. The van der Waals surface area contributed by atoms with E-state index in [1.165, 1.54) is 12.8 Å². The maximum Gasteiger partial charge on any atom is 0.269 e. The zero-order valence-electron chi connectivity index (χ0n) is 18.5. The maximum atomic E-state index is 12.5. The number of hydrogen-bond acceptors (Lipinski definition) is 5. The zero-order chi connectivity index (χ0) is 22.8. The van der Waals surface area contributed by atoms with Gasteiger partial charge in [0.2, 0.25) is 0 Å². The molecule has 7 heteroatoms. The van der Waals surface area contributed by atoms with Crippen molar-refractivity contribution in [3.05, 3.63) is 71.7 Å². The molecule has 5 rings (SSSR count). The van der Waals surface area contributed by atoms with Crippen molar-refractivity contribution in [1.29, 1.82) is 0 Å². The van der Waals surface area contributed by atoms with Gasteiger partial charge in [0.05, 0.1) is 5.57 Å². The van der Waals surface area contributed by atoms with Crippen LogP contribution in [0.2, 0.25) is 0 Å². The first-order valence-corrected chi connectivity index (χ1v) is 11.3. The van der Waals surface area contributed by atoms with Gasteiger partial charge < -0.3 is 20.0 Å². The molecule has 0 saturated carbocycles. The molecule has 1 atom stereocenters. The second kappa shape index (κ2) is 9.03. The molecule has 2 aliphatic rings. The molecule has 7 nitrogen and oxygen atoms in total. The Morgan fingerprint density at radius 2 is 2.09 bits per heavy atom. The van der Waals surface area contributed by atoms with Crippen molar-refractivity contribution in [2.45, 2.75) is 25.3 Å². The summed E-state index contributed by atoms with van der Waals surface area (Å²) in [6, 6.07) is 15.1. The van der Waals surface area contributed by atoms with Crippen molar-refractivity contribution in [2.24, 2.45) is 0 Å². The van der Waals surface area contributed by atoms with E-state index in [4.69, 9.17) is 4.42 Å². The Balaban J connectivity index is 1.26. The van der Waals surface area contributed by atoms with E-state index in [2.05, 4.69) is 27.6 Å². The molecule has 168 valence electrons. The Hall–Kier alpha value is -3.71. The highest BCUT2D eigenvalue weighted by Gasteiger charge is 2.24. The first kappa shape index (κ1) is 21.2. The van der Waals surface area contributed by atoms with E-state index in [-0.39, 0.29) is 11.8 Å². The molecule has 1 unspecified atom stereocenters. The van der Waals surface area contributed by atoms with Crippen LogP contribution in [-0.2, 0) is 4.79 Å². The Morgan fingerprint density at radius 3 is 2.91 bits per heavy atom. The zero-order valence-corrected chi connectivity index (χ0v) is 18.5. The Labute approximate surface area is 192 Å². The quantitative estimate of drug-likeness (QED) is 0.582. The molecule has 0 spiro atoms. The maximum absolute atomic E-state index is 12.5. The molecule has 2 aliphatic heterocycles. The summed E-state index contributed by atoms with van der Waals surface area (Å²) < 4.78 is 5.93. The van der Waals surface area contributed by atoms with Crippen LogP contribution in [0.4, 0.5) is 5.69 Å². The molecule has 0 radical (unpaired) electrons. The van der Waals surface area contributed by atoms with Crippen LogP contribution in [0.1, 0.15) is 41.1 Å². The summed E-state index contributed by atoms with van der Waals surface area (Å²) in [5.41, 5.74) is 3.37. The lowest BCUT2D eigenvalue weighted by molar-refractivity contribution is -0.110. The number of rotatable bonds is 5. The molecular formula is C26H26N4O3. The molecule has 0 bridgehead atoms. The van der Waals surface area contributed by atoms with E-state index in [1.807, 2.05) is 42.5 Å². The van der Waals surface area contributed by atoms with Crippen molar-refractivity contribution in [3.8, 4) is 11.3 Å². The molecule has 1 aromatic carbocycles. The Kier molecular flexibility index (Phi) is 5.79. The summed E-state index contributed by atoms with van der Waals surface area (Å²) in [5.74, 6) is 0.879. The summed E-state index contributed by atoms with van der Waals surface area (Å²) in [5, 5.41) is 5.86. The lowest BCUT2D eigenvalue weighted by atomic mass is 10.0. The summed E-state index contributed by atoms with van der Waals surface area (Å²) >= 11 is 0. The molecule has 4 heterocycles. The molecule has 33 heavy (non-hydrogen) atoms. The van der Waals surface area contributed by atoms with Crippen molar-refractivity contribution >= 4 is 29.2 Å². The molecule has 1 saturated heterocycles. The number of likely N-dealkylation sites (N-methyl/N-ethyl adjacent to an activating group) is 1. The summed E-state index contributed by atoms with van der Waals surface area (Å²) in [4.78, 5) is 31.5. The number of likely N-dealkylation sites (tertiary alicyclic amines) is 1. The van der Waals surface area contributed by atoms with Crippen LogP contribution in [0.15, 0.2) is 59.1 Å². The second-order valence-corrected chi connectivity index (χ2v) is 8.53. The van der Waals surface area contributed by atoms with E-state index < -0.39 is 0 Å². The fourth-order valence-electron chi connectivity index (χ4n) is 4.39. The molecule has 0 aliphatic carbocycles. The lowest BCUT2D eigenvalue weighted by Gasteiger charge is -2.32. The third-order valence-electron chi connectivity index (χ3n) is 6.32. The van der Waals surface area contributed by atoms with E-state index in [0.29, 0.717) is 35.4 Å². The van der Waals surface area contributed by atoms with Gasteiger partial charge in [-0.1, -0.05) is 24.6 Å². The van der Waals surface area contributed by atoms with Gasteiger partial charge in [-0.25, -0.2) is 0 Å². The fraction of sp³-hybridized carbons (Fsp3) is 0.269. The topological polar surface area (TPSA) is 87.5 Å². The first-order valence-electron chi connectivity index (χ1n) is 11.3. The van der Waals surface area contributed by atoms with Crippen molar-refractivity contribution in [1.82, 2.24) is 15.2 Å². The average molecular weight is 443 g/mol. The van der Waals surface area contributed by atoms with Crippen molar-refractivity contribution in [2.75, 3.05) is 25.5 Å². The van der Waals surface area contributed by atoms with Crippen molar-refractivity contribution < 1.29 is 14.0 Å². The number of amides is 2. The van der Waals surface area contributed by atoms with Gasteiger partial charge in [0, 0.05) is 35.6 Å². The SMILES string of the molecule is CN1CCCCC1CNC(=O)c1ccc(-c2ccc(/C=C3/C(=O)Nc4ccccc43)o2)cn1. The number of fused-ring (bicyclic) bond motifs is 1. The highest BCUT2D eigenvalue weighted by molar-refractivity contribution is 6.34. The minimum Gasteiger partial charge on any atom is -0.457 e. The van der Waals surface area contributed by atoms with Gasteiger partial charge in [-0.15, -0.1) is 0 Å². The molecule has 2 aromatic heterocycles.